The monoisotopic (exact) mass is 398 g/mol. The summed E-state index contributed by atoms with van der Waals surface area (Å²) in [6.45, 7) is 9.22. The molecule has 0 saturated carbocycles. The standard InChI is InChI=1S/C27H30N2O/c1-5-8-25-24(19(2)15-16-28-25)17-20-11-13-21(14-12-20)22-9-6-7-10-23(22)26-29-27(3,4)18-30-26/h6-7,9-16H,5,8,17-18H2,1-4H3. The number of hydrogen-bond acceptors (Lipinski definition) is 3. The zero-order chi connectivity index (χ0) is 21.1. The van der Waals surface area contributed by atoms with Crippen molar-refractivity contribution < 1.29 is 4.74 Å². The van der Waals surface area contributed by atoms with Gasteiger partial charge in [0, 0.05) is 17.5 Å². The summed E-state index contributed by atoms with van der Waals surface area (Å²) in [5.41, 5.74) is 8.46. The second-order valence-electron chi connectivity index (χ2n) is 8.74. The van der Waals surface area contributed by atoms with Crippen LogP contribution in [-0.2, 0) is 17.6 Å². The Hall–Kier alpha value is -2.94. The van der Waals surface area contributed by atoms with Crippen LogP contribution in [-0.4, -0.2) is 23.0 Å². The molecule has 0 N–H and O–H groups in total. The maximum atomic E-state index is 5.91. The van der Waals surface area contributed by atoms with Crippen LogP contribution in [0.2, 0.25) is 0 Å². The number of nitrogens with zero attached hydrogens (tertiary/aromatic N) is 2. The van der Waals surface area contributed by atoms with Crippen molar-refractivity contribution in [3.8, 4) is 11.1 Å². The first kappa shape index (κ1) is 20.3. The smallest absolute Gasteiger partial charge is 0.217 e. The molecule has 0 radical (unpaired) electrons. The molecule has 3 nitrogen and oxygen atoms in total. The van der Waals surface area contributed by atoms with E-state index in [1.807, 2.05) is 12.3 Å². The van der Waals surface area contributed by atoms with E-state index < -0.39 is 0 Å². The summed E-state index contributed by atoms with van der Waals surface area (Å²) in [7, 11) is 0. The van der Waals surface area contributed by atoms with Gasteiger partial charge in [-0.1, -0.05) is 55.8 Å². The van der Waals surface area contributed by atoms with Crippen LogP contribution in [0.5, 0.6) is 0 Å². The Labute approximate surface area is 179 Å². The zero-order valence-electron chi connectivity index (χ0n) is 18.4. The van der Waals surface area contributed by atoms with E-state index in [1.54, 1.807) is 0 Å². The topological polar surface area (TPSA) is 34.5 Å². The second kappa shape index (κ2) is 8.43. The third kappa shape index (κ3) is 4.30. The highest BCUT2D eigenvalue weighted by Gasteiger charge is 2.28. The number of benzene rings is 2. The fourth-order valence-electron chi connectivity index (χ4n) is 3.99. The lowest BCUT2D eigenvalue weighted by atomic mass is 9.94. The molecule has 0 fully saturated rings. The van der Waals surface area contributed by atoms with E-state index in [-0.39, 0.29) is 5.54 Å². The lowest BCUT2D eigenvalue weighted by Gasteiger charge is -2.13. The number of aromatic nitrogens is 1. The number of rotatable bonds is 6. The van der Waals surface area contributed by atoms with E-state index in [0.717, 1.165) is 36.3 Å². The first-order valence-electron chi connectivity index (χ1n) is 10.8. The predicted molar refractivity (Wildman–Crippen MR) is 124 cm³/mol. The summed E-state index contributed by atoms with van der Waals surface area (Å²) >= 11 is 0. The second-order valence-corrected chi connectivity index (χ2v) is 8.74. The molecule has 0 atom stereocenters. The Morgan fingerprint density at radius 1 is 0.967 bits per heavy atom. The van der Waals surface area contributed by atoms with Gasteiger partial charge >= 0.3 is 0 Å². The van der Waals surface area contributed by atoms with Crippen LogP contribution in [0.4, 0.5) is 0 Å². The minimum atomic E-state index is -0.163. The van der Waals surface area contributed by atoms with Crippen molar-refractivity contribution in [1.29, 1.82) is 0 Å². The molecule has 3 heteroatoms. The first-order valence-corrected chi connectivity index (χ1v) is 10.8. The molecule has 0 saturated heterocycles. The Kier molecular flexibility index (Phi) is 5.72. The molecule has 154 valence electrons. The molecule has 1 aliphatic rings. The molecule has 1 aromatic heterocycles. The third-order valence-electron chi connectivity index (χ3n) is 5.64. The molecule has 0 bridgehead atoms. The fraction of sp³-hybridized carbons (Fsp3) is 0.333. The average molecular weight is 399 g/mol. The van der Waals surface area contributed by atoms with Crippen molar-refractivity contribution in [2.24, 2.45) is 4.99 Å². The van der Waals surface area contributed by atoms with Gasteiger partial charge in [0.05, 0.1) is 5.54 Å². The molecule has 2 heterocycles. The Bertz CT molecular complexity index is 1060. The molecule has 0 unspecified atom stereocenters. The van der Waals surface area contributed by atoms with Gasteiger partial charge in [-0.25, -0.2) is 4.99 Å². The van der Waals surface area contributed by atoms with Crippen molar-refractivity contribution in [1.82, 2.24) is 4.98 Å². The average Bonchev–Trinajstić information content (AvgIpc) is 3.11. The minimum Gasteiger partial charge on any atom is -0.475 e. The maximum absolute atomic E-state index is 5.91. The normalized spacial score (nSPS) is 15.0. The molecule has 4 rings (SSSR count). The first-order chi connectivity index (χ1) is 14.5. The van der Waals surface area contributed by atoms with Crippen molar-refractivity contribution in [2.75, 3.05) is 6.61 Å². The van der Waals surface area contributed by atoms with Crippen molar-refractivity contribution in [3.05, 3.63) is 88.7 Å². The van der Waals surface area contributed by atoms with Gasteiger partial charge in [0.2, 0.25) is 5.90 Å². The summed E-state index contributed by atoms with van der Waals surface area (Å²) in [5, 5.41) is 0. The van der Waals surface area contributed by atoms with Crippen LogP contribution >= 0.6 is 0 Å². The Morgan fingerprint density at radius 2 is 1.70 bits per heavy atom. The molecule has 2 aromatic carbocycles. The number of pyridine rings is 1. The number of ether oxygens (including phenoxy) is 1. The zero-order valence-corrected chi connectivity index (χ0v) is 18.4. The lowest BCUT2D eigenvalue weighted by Crippen LogP contribution is -2.17. The van der Waals surface area contributed by atoms with E-state index in [1.165, 1.54) is 27.9 Å². The highest BCUT2D eigenvalue weighted by molar-refractivity contribution is 6.01. The molecular formula is C27H30N2O. The SMILES string of the molecule is CCCc1nccc(C)c1Cc1ccc(-c2ccccc2C2=NC(C)(C)CO2)cc1. The van der Waals surface area contributed by atoms with Gasteiger partial charge in [-0.3, -0.25) is 4.98 Å². The van der Waals surface area contributed by atoms with E-state index in [9.17, 15) is 0 Å². The summed E-state index contributed by atoms with van der Waals surface area (Å²) in [5.74, 6) is 0.745. The number of hydrogen-bond donors (Lipinski definition) is 0. The molecule has 0 spiro atoms. The molecule has 3 aromatic rings. The van der Waals surface area contributed by atoms with Crippen LogP contribution in [0.1, 0.15) is 55.1 Å². The fourth-order valence-corrected chi connectivity index (χ4v) is 3.99. The third-order valence-corrected chi connectivity index (χ3v) is 5.64. The Morgan fingerprint density at radius 3 is 2.37 bits per heavy atom. The van der Waals surface area contributed by atoms with Gasteiger partial charge in [0.25, 0.3) is 0 Å². The highest BCUT2D eigenvalue weighted by atomic mass is 16.5. The van der Waals surface area contributed by atoms with Gasteiger partial charge in [0.15, 0.2) is 0 Å². The summed E-state index contributed by atoms with van der Waals surface area (Å²) < 4.78 is 5.91. The van der Waals surface area contributed by atoms with Crippen LogP contribution in [0.3, 0.4) is 0 Å². The van der Waals surface area contributed by atoms with Gasteiger partial charge in [-0.05, 0) is 73.6 Å². The summed E-state index contributed by atoms with van der Waals surface area (Å²) in [6, 6.07) is 19.4. The summed E-state index contributed by atoms with van der Waals surface area (Å²) in [6.07, 6.45) is 4.99. The van der Waals surface area contributed by atoms with E-state index >= 15 is 0 Å². The van der Waals surface area contributed by atoms with Crippen molar-refractivity contribution in [3.63, 3.8) is 0 Å². The van der Waals surface area contributed by atoms with Crippen LogP contribution < -0.4 is 0 Å². The molecule has 0 aliphatic carbocycles. The van der Waals surface area contributed by atoms with Gasteiger partial charge in [0.1, 0.15) is 6.61 Å². The molecule has 1 aliphatic heterocycles. The maximum Gasteiger partial charge on any atom is 0.217 e. The Balaban J connectivity index is 1.62. The van der Waals surface area contributed by atoms with E-state index in [0.29, 0.717) is 6.61 Å². The van der Waals surface area contributed by atoms with Crippen molar-refractivity contribution in [2.45, 2.75) is 52.5 Å². The highest BCUT2D eigenvalue weighted by Crippen LogP contribution is 2.29. The van der Waals surface area contributed by atoms with E-state index in [4.69, 9.17) is 9.73 Å². The number of aliphatic imine (C=N–C) groups is 1. The summed E-state index contributed by atoms with van der Waals surface area (Å²) in [4.78, 5) is 9.41. The van der Waals surface area contributed by atoms with Crippen LogP contribution in [0.15, 0.2) is 65.8 Å². The molecular weight excluding hydrogens is 368 g/mol. The van der Waals surface area contributed by atoms with E-state index in [2.05, 4.69) is 81.2 Å². The number of aryl methyl sites for hydroxylation is 2. The molecule has 0 amide bonds. The van der Waals surface area contributed by atoms with Gasteiger partial charge in [-0.15, -0.1) is 0 Å². The minimum absolute atomic E-state index is 0.163. The quantitative estimate of drug-likeness (QED) is 0.499. The van der Waals surface area contributed by atoms with Crippen LogP contribution in [0.25, 0.3) is 11.1 Å². The van der Waals surface area contributed by atoms with Crippen LogP contribution in [0, 0.1) is 6.92 Å². The lowest BCUT2D eigenvalue weighted by molar-refractivity contribution is 0.279. The largest absolute Gasteiger partial charge is 0.475 e. The predicted octanol–water partition coefficient (Wildman–Crippen LogP) is 6.16. The van der Waals surface area contributed by atoms with Crippen molar-refractivity contribution >= 4 is 5.90 Å². The van der Waals surface area contributed by atoms with Gasteiger partial charge < -0.3 is 4.74 Å². The van der Waals surface area contributed by atoms with Gasteiger partial charge in [-0.2, -0.15) is 0 Å². The molecule has 30 heavy (non-hydrogen) atoms.